The van der Waals surface area contributed by atoms with Crippen LogP contribution >= 0.6 is 0 Å². The van der Waals surface area contributed by atoms with Gasteiger partial charge in [0, 0.05) is 18.8 Å². The first kappa shape index (κ1) is 10.4. The zero-order valence-electron chi connectivity index (χ0n) is 9.53. The average molecular weight is 212 g/mol. The van der Waals surface area contributed by atoms with Gasteiger partial charge in [-0.1, -0.05) is 5.92 Å². The maximum atomic E-state index is 11.9. The molecule has 0 aliphatic carbocycles. The van der Waals surface area contributed by atoms with E-state index < -0.39 is 0 Å². The molecule has 0 fully saturated rings. The van der Waals surface area contributed by atoms with Gasteiger partial charge in [0.25, 0.3) is 0 Å². The molecule has 0 radical (unpaired) electrons. The van der Waals surface area contributed by atoms with Crippen molar-refractivity contribution in [2.75, 3.05) is 0 Å². The van der Waals surface area contributed by atoms with E-state index in [4.69, 9.17) is 0 Å². The second kappa shape index (κ2) is 3.82. The van der Waals surface area contributed by atoms with Crippen molar-refractivity contribution in [2.45, 2.75) is 13.8 Å². The molecule has 2 aromatic rings. The number of rotatable bonds is 0. The van der Waals surface area contributed by atoms with E-state index in [1.807, 2.05) is 29.9 Å². The van der Waals surface area contributed by atoms with E-state index >= 15 is 0 Å². The Morgan fingerprint density at radius 1 is 1.38 bits per heavy atom. The van der Waals surface area contributed by atoms with E-state index in [0.717, 1.165) is 5.52 Å². The predicted molar refractivity (Wildman–Crippen MR) is 64.3 cm³/mol. The molecule has 0 saturated heterocycles. The first-order chi connectivity index (χ1) is 7.63. The van der Waals surface area contributed by atoms with Gasteiger partial charge in [0.1, 0.15) is 11.2 Å². The Kier molecular flexibility index (Phi) is 2.49. The molecule has 0 saturated carbocycles. The molecule has 16 heavy (non-hydrogen) atoms. The van der Waals surface area contributed by atoms with Gasteiger partial charge in [-0.3, -0.25) is 4.79 Å². The molecule has 0 spiro atoms. The van der Waals surface area contributed by atoms with Crippen LogP contribution in [-0.4, -0.2) is 9.55 Å². The lowest BCUT2D eigenvalue weighted by molar-refractivity contribution is 0.934. The summed E-state index contributed by atoms with van der Waals surface area (Å²) < 4.78 is 1.90. The quantitative estimate of drug-likeness (QED) is 0.622. The maximum absolute atomic E-state index is 11.9. The highest BCUT2D eigenvalue weighted by molar-refractivity contribution is 5.75. The highest BCUT2D eigenvalue weighted by Gasteiger charge is 2.05. The highest BCUT2D eigenvalue weighted by atomic mass is 16.1. The van der Waals surface area contributed by atoms with Crippen LogP contribution in [0.15, 0.2) is 23.1 Å². The topological polar surface area (TPSA) is 34.9 Å². The van der Waals surface area contributed by atoms with Gasteiger partial charge in [-0.2, -0.15) is 0 Å². The molecule has 0 aromatic carbocycles. The fourth-order valence-electron chi connectivity index (χ4n) is 1.71. The van der Waals surface area contributed by atoms with Gasteiger partial charge in [-0.25, -0.2) is 4.98 Å². The summed E-state index contributed by atoms with van der Waals surface area (Å²) in [5.74, 6) is 5.63. The van der Waals surface area contributed by atoms with Crippen molar-refractivity contribution in [1.82, 2.24) is 9.55 Å². The molecule has 0 amide bonds. The largest absolute Gasteiger partial charge is 0.349 e. The van der Waals surface area contributed by atoms with Crippen LogP contribution in [0.4, 0.5) is 0 Å². The summed E-state index contributed by atoms with van der Waals surface area (Å²) >= 11 is 0. The second-order valence-corrected chi connectivity index (χ2v) is 3.69. The molecule has 3 heteroatoms. The third-order valence-corrected chi connectivity index (χ3v) is 2.47. The van der Waals surface area contributed by atoms with Gasteiger partial charge < -0.3 is 4.57 Å². The number of fused-ring (bicyclic) bond motifs is 1. The number of hydrogen-bond donors (Lipinski definition) is 0. The molecule has 3 nitrogen and oxygen atoms in total. The van der Waals surface area contributed by atoms with Gasteiger partial charge in [0.2, 0.25) is 5.43 Å². The zero-order valence-corrected chi connectivity index (χ0v) is 9.53. The summed E-state index contributed by atoms with van der Waals surface area (Å²) in [6, 6.07) is 3.70. The van der Waals surface area contributed by atoms with Crippen LogP contribution in [0.3, 0.4) is 0 Å². The standard InChI is InChI=1S/C13H12N2O/c1-4-5-10-6-7-11-12(14-10)13(16)9(2)8-15(11)3/h6-8H,1-3H3. The minimum Gasteiger partial charge on any atom is -0.349 e. The van der Waals surface area contributed by atoms with Crippen LogP contribution in [0.2, 0.25) is 0 Å². The van der Waals surface area contributed by atoms with E-state index in [2.05, 4.69) is 16.8 Å². The van der Waals surface area contributed by atoms with Crippen molar-refractivity contribution in [3.63, 3.8) is 0 Å². The monoisotopic (exact) mass is 212 g/mol. The van der Waals surface area contributed by atoms with Crippen LogP contribution in [-0.2, 0) is 7.05 Å². The van der Waals surface area contributed by atoms with Gasteiger partial charge in [0.05, 0.1) is 5.52 Å². The summed E-state index contributed by atoms with van der Waals surface area (Å²) in [6.07, 6.45) is 1.82. The second-order valence-electron chi connectivity index (χ2n) is 3.69. The lowest BCUT2D eigenvalue weighted by Crippen LogP contribution is -2.12. The molecule has 0 unspecified atom stereocenters. The number of aromatic nitrogens is 2. The van der Waals surface area contributed by atoms with Crippen molar-refractivity contribution in [3.05, 3.63) is 39.8 Å². The number of nitrogens with zero attached hydrogens (tertiary/aromatic N) is 2. The fourth-order valence-corrected chi connectivity index (χ4v) is 1.71. The Morgan fingerprint density at radius 2 is 2.12 bits per heavy atom. The van der Waals surface area contributed by atoms with Gasteiger partial charge in [0.15, 0.2) is 0 Å². The third-order valence-electron chi connectivity index (χ3n) is 2.47. The average Bonchev–Trinajstić information content (AvgIpc) is 2.26. The van der Waals surface area contributed by atoms with E-state index in [1.165, 1.54) is 0 Å². The Bertz CT molecular complexity index is 672. The maximum Gasteiger partial charge on any atom is 0.210 e. The number of pyridine rings is 2. The van der Waals surface area contributed by atoms with E-state index in [0.29, 0.717) is 16.8 Å². The molecule has 0 aliphatic heterocycles. The number of aryl methyl sites for hydroxylation is 2. The van der Waals surface area contributed by atoms with Crippen molar-refractivity contribution >= 4 is 11.0 Å². The summed E-state index contributed by atoms with van der Waals surface area (Å²) in [5.41, 5.74) is 2.63. The third kappa shape index (κ3) is 1.59. The Hall–Kier alpha value is -2.08. The Labute approximate surface area is 93.7 Å². The van der Waals surface area contributed by atoms with E-state index in [1.54, 1.807) is 13.8 Å². The lowest BCUT2D eigenvalue weighted by Gasteiger charge is -2.05. The van der Waals surface area contributed by atoms with Gasteiger partial charge in [-0.15, -0.1) is 0 Å². The molecule has 0 N–H and O–H groups in total. The summed E-state index contributed by atoms with van der Waals surface area (Å²) in [7, 11) is 1.90. The van der Waals surface area contributed by atoms with Gasteiger partial charge in [-0.05, 0) is 31.9 Å². The smallest absolute Gasteiger partial charge is 0.210 e. The highest BCUT2D eigenvalue weighted by Crippen LogP contribution is 2.08. The van der Waals surface area contributed by atoms with E-state index in [9.17, 15) is 4.79 Å². The van der Waals surface area contributed by atoms with E-state index in [-0.39, 0.29) is 5.43 Å². The van der Waals surface area contributed by atoms with Crippen LogP contribution in [0.5, 0.6) is 0 Å². The number of hydrogen-bond acceptors (Lipinski definition) is 2. The van der Waals surface area contributed by atoms with Crippen molar-refractivity contribution in [3.8, 4) is 11.8 Å². The van der Waals surface area contributed by atoms with Crippen LogP contribution in [0.1, 0.15) is 18.2 Å². The Morgan fingerprint density at radius 3 is 2.81 bits per heavy atom. The fraction of sp³-hybridized carbons (Fsp3) is 0.231. The first-order valence-corrected chi connectivity index (χ1v) is 5.03. The molecule has 2 aromatic heterocycles. The molecule has 2 heterocycles. The summed E-state index contributed by atoms with van der Waals surface area (Å²) in [4.78, 5) is 16.2. The van der Waals surface area contributed by atoms with Crippen LogP contribution in [0, 0.1) is 18.8 Å². The lowest BCUT2D eigenvalue weighted by atomic mass is 10.2. The van der Waals surface area contributed by atoms with Crippen molar-refractivity contribution in [1.29, 1.82) is 0 Å². The molecular formula is C13H12N2O. The van der Waals surface area contributed by atoms with Gasteiger partial charge >= 0.3 is 0 Å². The summed E-state index contributed by atoms with van der Waals surface area (Å²) in [6.45, 7) is 3.54. The first-order valence-electron chi connectivity index (χ1n) is 5.03. The van der Waals surface area contributed by atoms with Crippen molar-refractivity contribution in [2.24, 2.45) is 7.05 Å². The molecule has 0 bridgehead atoms. The molecule has 2 rings (SSSR count). The zero-order chi connectivity index (χ0) is 11.7. The normalized spacial score (nSPS) is 9.94. The molecule has 80 valence electrons. The van der Waals surface area contributed by atoms with Crippen molar-refractivity contribution < 1.29 is 0 Å². The predicted octanol–water partition coefficient (Wildman–Crippen LogP) is 1.61. The Balaban J connectivity index is 2.90. The van der Waals surface area contributed by atoms with Crippen LogP contribution in [0.25, 0.3) is 11.0 Å². The molecular weight excluding hydrogens is 200 g/mol. The minimum absolute atomic E-state index is 0.0205. The minimum atomic E-state index is -0.0205. The van der Waals surface area contributed by atoms with Crippen LogP contribution < -0.4 is 5.43 Å². The SMILES string of the molecule is CC#Cc1ccc2c(n1)c(=O)c(C)cn2C. The molecule has 0 aliphatic rings. The molecule has 0 atom stereocenters. The summed E-state index contributed by atoms with van der Waals surface area (Å²) in [5, 5.41) is 0.